The molecule has 10 heteroatoms. The monoisotopic (exact) mass is 474 g/mol. The number of rotatable bonds is 5. The second kappa shape index (κ2) is 8.02. The Morgan fingerprint density at radius 1 is 1.19 bits per heavy atom. The smallest absolute Gasteiger partial charge is 0.416 e. The van der Waals surface area contributed by atoms with E-state index in [1.54, 1.807) is 0 Å². The van der Waals surface area contributed by atoms with Crippen LogP contribution in [0.3, 0.4) is 0 Å². The van der Waals surface area contributed by atoms with Gasteiger partial charge in [-0.25, -0.2) is 4.39 Å². The molecule has 2 aromatic carbocycles. The molecule has 140 valence electrons. The van der Waals surface area contributed by atoms with E-state index in [1.165, 1.54) is 18.2 Å². The fourth-order valence-electron chi connectivity index (χ4n) is 1.99. The van der Waals surface area contributed by atoms with E-state index in [4.69, 9.17) is 33.0 Å². The van der Waals surface area contributed by atoms with E-state index in [0.717, 1.165) is 0 Å². The van der Waals surface area contributed by atoms with Gasteiger partial charge in [-0.3, -0.25) is 4.79 Å². The maximum atomic E-state index is 14.0. The van der Waals surface area contributed by atoms with E-state index in [-0.39, 0.29) is 23.3 Å². The van der Waals surface area contributed by atoms with Crippen LogP contribution in [0.4, 0.5) is 17.6 Å². The van der Waals surface area contributed by atoms with Crippen molar-refractivity contribution in [3.8, 4) is 11.5 Å². The van der Waals surface area contributed by atoms with E-state index in [0.29, 0.717) is 11.6 Å². The highest BCUT2D eigenvalue weighted by Gasteiger charge is 2.32. The number of carboxylic acid groups (broad SMARTS) is 1. The Bertz CT molecular complexity index is 820. The first kappa shape index (κ1) is 20.8. The Kier molecular flexibility index (Phi) is 6.42. The van der Waals surface area contributed by atoms with Crippen molar-refractivity contribution in [3.63, 3.8) is 0 Å². The summed E-state index contributed by atoms with van der Waals surface area (Å²) in [5, 5.41) is 8.62. The van der Waals surface area contributed by atoms with Gasteiger partial charge >= 0.3 is 12.1 Å². The van der Waals surface area contributed by atoms with E-state index in [2.05, 4.69) is 15.9 Å². The maximum Gasteiger partial charge on any atom is 0.416 e. The van der Waals surface area contributed by atoms with E-state index < -0.39 is 39.1 Å². The molecule has 1 atom stereocenters. The Hall–Kier alpha value is -1.51. The summed E-state index contributed by atoms with van der Waals surface area (Å²) in [6, 6.07) is 4.92. The summed E-state index contributed by atoms with van der Waals surface area (Å²) in [5.74, 6) is -2.94. The molecule has 0 spiro atoms. The van der Waals surface area contributed by atoms with Gasteiger partial charge in [0.25, 0.3) is 0 Å². The normalized spacial score (nSPS) is 12.7. The Morgan fingerprint density at radius 2 is 1.85 bits per heavy atom. The highest BCUT2D eigenvalue weighted by Crippen LogP contribution is 2.39. The van der Waals surface area contributed by atoms with E-state index in [1.807, 2.05) is 0 Å². The number of ether oxygens (including phenoxy) is 1. The van der Waals surface area contributed by atoms with Crippen LogP contribution in [-0.4, -0.2) is 15.9 Å². The van der Waals surface area contributed by atoms with Crippen LogP contribution >= 0.6 is 39.1 Å². The molecule has 0 radical (unpaired) electrons. The summed E-state index contributed by atoms with van der Waals surface area (Å²) in [4.78, 5) is 10.00. The van der Waals surface area contributed by atoms with Crippen LogP contribution < -0.4 is 4.74 Å². The second-order valence-corrected chi connectivity index (χ2v) is 7.05. The molecule has 0 aliphatic rings. The van der Waals surface area contributed by atoms with Gasteiger partial charge in [0.05, 0.1) is 10.6 Å². The average molecular weight is 476 g/mol. The predicted molar refractivity (Wildman–Crippen MR) is 92.0 cm³/mol. The Morgan fingerprint density at radius 3 is 2.38 bits per heavy atom. The standard InChI is InChI=1S/C16H9BrCl2F4O3/c17-10(15(24)25)4-7-3-9(1-2-11(7)18)26-14-12(19)5-8(6-13(14)20)16(21,22)23/h1-3,5-6,10H,4H2,(H,24,25). The molecular formula is C16H9BrCl2F4O3. The molecule has 2 aromatic rings. The third-order valence-electron chi connectivity index (χ3n) is 3.23. The minimum Gasteiger partial charge on any atom is -0.480 e. The number of carbonyl (C=O) groups is 1. The SMILES string of the molecule is O=C(O)C(Br)Cc1cc(Oc2c(F)cc(C(F)(F)F)cc2Cl)ccc1Cl. The predicted octanol–water partition coefficient (Wildman–Crippen LogP) is 6.33. The molecule has 0 fully saturated rings. The highest BCUT2D eigenvalue weighted by molar-refractivity contribution is 9.10. The van der Waals surface area contributed by atoms with Crippen LogP contribution in [0, 0.1) is 5.82 Å². The first-order valence-electron chi connectivity index (χ1n) is 6.88. The molecule has 0 heterocycles. The molecule has 26 heavy (non-hydrogen) atoms. The average Bonchev–Trinajstić information content (AvgIpc) is 2.52. The first-order valence-corrected chi connectivity index (χ1v) is 8.55. The summed E-state index contributed by atoms with van der Waals surface area (Å²) >= 11 is 14.7. The van der Waals surface area contributed by atoms with Crippen LogP contribution in [0.5, 0.6) is 11.5 Å². The lowest BCUT2D eigenvalue weighted by atomic mass is 10.1. The molecule has 3 nitrogen and oxygen atoms in total. The molecule has 0 aromatic heterocycles. The van der Waals surface area contributed by atoms with E-state index >= 15 is 0 Å². The van der Waals surface area contributed by atoms with Crippen LogP contribution in [0.15, 0.2) is 30.3 Å². The van der Waals surface area contributed by atoms with Crippen molar-refractivity contribution in [2.45, 2.75) is 17.4 Å². The lowest BCUT2D eigenvalue weighted by molar-refractivity contribution is -0.138. The largest absolute Gasteiger partial charge is 0.480 e. The molecular weight excluding hydrogens is 467 g/mol. The van der Waals surface area contributed by atoms with Crippen LogP contribution in [-0.2, 0) is 17.4 Å². The number of halogens is 7. The van der Waals surface area contributed by atoms with Gasteiger partial charge in [-0.1, -0.05) is 39.1 Å². The molecule has 0 saturated carbocycles. The third kappa shape index (κ3) is 5.02. The van der Waals surface area contributed by atoms with Crippen molar-refractivity contribution in [2.75, 3.05) is 0 Å². The summed E-state index contributed by atoms with van der Waals surface area (Å²) in [5.41, 5.74) is -0.857. The van der Waals surface area contributed by atoms with Crippen molar-refractivity contribution in [3.05, 3.63) is 57.3 Å². The molecule has 0 aliphatic heterocycles. The van der Waals surface area contributed by atoms with Crippen molar-refractivity contribution in [1.29, 1.82) is 0 Å². The van der Waals surface area contributed by atoms with Gasteiger partial charge in [0.1, 0.15) is 10.6 Å². The number of carboxylic acids is 1. The van der Waals surface area contributed by atoms with Gasteiger partial charge in [0.15, 0.2) is 11.6 Å². The van der Waals surface area contributed by atoms with Crippen LogP contribution in [0.2, 0.25) is 10.0 Å². The number of benzene rings is 2. The zero-order chi connectivity index (χ0) is 19.6. The molecule has 1 unspecified atom stereocenters. The topological polar surface area (TPSA) is 46.5 Å². The first-order chi connectivity index (χ1) is 12.0. The molecule has 2 rings (SSSR count). The van der Waals surface area contributed by atoms with Gasteiger partial charge < -0.3 is 9.84 Å². The minimum atomic E-state index is -4.75. The number of alkyl halides is 4. The van der Waals surface area contributed by atoms with Crippen molar-refractivity contribution in [2.24, 2.45) is 0 Å². The number of hydrogen-bond donors (Lipinski definition) is 1. The van der Waals surface area contributed by atoms with Crippen molar-refractivity contribution in [1.82, 2.24) is 0 Å². The van der Waals surface area contributed by atoms with Gasteiger partial charge in [0.2, 0.25) is 0 Å². The number of aliphatic carboxylic acids is 1. The lowest BCUT2D eigenvalue weighted by Gasteiger charge is -2.14. The fraction of sp³-hybridized carbons (Fsp3) is 0.188. The number of hydrogen-bond acceptors (Lipinski definition) is 2. The Labute approximate surface area is 163 Å². The zero-order valence-corrected chi connectivity index (χ0v) is 15.7. The third-order valence-corrected chi connectivity index (χ3v) is 4.59. The second-order valence-electron chi connectivity index (χ2n) is 5.13. The summed E-state index contributed by atoms with van der Waals surface area (Å²) in [7, 11) is 0. The van der Waals surface area contributed by atoms with Gasteiger partial charge in [-0.05, 0) is 42.3 Å². The molecule has 0 amide bonds. The maximum absolute atomic E-state index is 14.0. The van der Waals surface area contributed by atoms with Gasteiger partial charge in [-0.15, -0.1) is 0 Å². The van der Waals surface area contributed by atoms with Crippen molar-refractivity contribution >= 4 is 45.1 Å². The van der Waals surface area contributed by atoms with Crippen LogP contribution in [0.25, 0.3) is 0 Å². The van der Waals surface area contributed by atoms with Gasteiger partial charge in [0, 0.05) is 5.02 Å². The molecule has 0 saturated heterocycles. The highest BCUT2D eigenvalue weighted by atomic mass is 79.9. The lowest BCUT2D eigenvalue weighted by Crippen LogP contribution is -2.15. The molecule has 0 bridgehead atoms. The zero-order valence-electron chi connectivity index (χ0n) is 12.6. The van der Waals surface area contributed by atoms with E-state index in [9.17, 15) is 22.4 Å². The fourth-order valence-corrected chi connectivity index (χ4v) is 2.78. The quantitative estimate of drug-likeness (QED) is 0.405. The van der Waals surface area contributed by atoms with Gasteiger partial charge in [-0.2, -0.15) is 13.2 Å². The molecule has 1 N–H and O–H groups in total. The summed E-state index contributed by atoms with van der Waals surface area (Å²) in [6.45, 7) is 0. The molecule has 0 aliphatic carbocycles. The van der Waals surface area contributed by atoms with Crippen molar-refractivity contribution < 1.29 is 32.2 Å². The summed E-state index contributed by atoms with van der Waals surface area (Å²) in [6.07, 6.45) is -4.74. The Balaban J connectivity index is 2.33. The summed E-state index contributed by atoms with van der Waals surface area (Å²) < 4.78 is 57.2. The van der Waals surface area contributed by atoms with Crippen LogP contribution in [0.1, 0.15) is 11.1 Å². The minimum absolute atomic E-state index is 0.00852.